The highest BCUT2D eigenvalue weighted by Gasteiger charge is 2.25. The number of hydrogen-bond acceptors (Lipinski definition) is 2. The zero-order valence-corrected chi connectivity index (χ0v) is 14.0. The number of amides is 1. The predicted molar refractivity (Wildman–Crippen MR) is 83.1 cm³/mol. The summed E-state index contributed by atoms with van der Waals surface area (Å²) >= 11 is 7.02. The molecule has 0 aromatic heterocycles. The van der Waals surface area contributed by atoms with Crippen LogP contribution in [0.25, 0.3) is 0 Å². The maximum absolute atomic E-state index is 12.3. The molecule has 0 heterocycles. The lowest BCUT2D eigenvalue weighted by atomic mass is 9.95. The Balaban J connectivity index is 2.11. The molecule has 5 heteroatoms. The van der Waals surface area contributed by atoms with E-state index in [9.17, 15) is 4.79 Å². The van der Waals surface area contributed by atoms with E-state index in [2.05, 4.69) is 37.2 Å². The monoisotopic (exact) mass is 389 g/mol. The minimum atomic E-state index is -0.0688. The van der Waals surface area contributed by atoms with Gasteiger partial charge in [-0.15, -0.1) is 0 Å². The molecule has 2 atom stereocenters. The van der Waals surface area contributed by atoms with Gasteiger partial charge in [0.05, 0.1) is 12.7 Å². The van der Waals surface area contributed by atoms with Crippen molar-refractivity contribution in [3.8, 4) is 5.75 Å². The van der Waals surface area contributed by atoms with Crippen molar-refractivity contribution in [2.75, 3.05) is 7.11 Å². The maximum Gasteiger partial charge on any atom is 0.255 e. The molecular weight excluding hydrogens is 374 g/mol. The second-order valence-electron chi connectivity index (χ2n) is 4.73. The first-order valence-electron chi connectivity index (χ1n) is 6.40. The number of rotatable bonds is 3. The molecule has 19 heavy (non-hydrogen) atoms. The standard InChI is InChI=1S/C14H17Br2NO2/c1-19-13-8-9(15)6-7-10(13)14(18)17-12-5-3-2-4-11(12)16/h6-8,11-12H,2-5H2,1H3,(H,17,18). The number of halogens is 2. The van der Waals surface area contributed by atoms with Gasteiger partial charge in [0.15, 0.2) is 0 Å². The summed E-state index contributed by atoms with van der Waals surface area (Å²) in [6, 6.07) is 5.64. The summed E-state index contributed by atoms with van der Waals surface area (Å²) in [4.78, 5) is 12.7. The van der Waals surface area contributed by atoms with E-state index < -0.39 is 0 Å². The fraction of sp³-hybridized carbons (Fsp3) is 0.500. The Labute approximate surface area is 130 Å². The summed E-state index contributed by atoms with van der Waals surface area (Å²) in [7, 11) is 1.58. The second kappa shape index (κ2) is 6.75. The highest BCUT2D eigenvalue weighted by atomic mass is 79.9. The molecule has 2 unspecified atom stereocenters. The summed E-state index contributed by atoms with van der Waals surface area (Å²) in [6.07, 6.45) is 4.54. The Morgan fingerprint density at radius 2 is 2.11 bits per heavy atom. The first-order valence-corrected chi connectivity index (χ1v) is 8.11. The molecule has 104 valence electrons. The lowest BCUT2D eigenvalue weighted by Gasteiger charge is -2.28. The quantitative estimate of drug-likeness (QED) is 0.795. The number of nitrogens with one attached hydrogen (secondary N) is 1. The van der Waals surface area contributed by atoms with Crippen LogP contribution in [0.5, 0.6) is 5.75 Å². The van der Waals surface area contributed by atoms with Gasteiger partial charge in [0, 0.05) is 15.3 Å². The highest BCUT2D eigenvalue weighted by molar-refractivity contribution is 9.10. The summed E-state index contributed by atoms with van der Waals surface area (Å²) in [5.74, 6) is 0.523. The Bertz CT molecular complexity index is 465. The third-order valence-electron chi connectivity index (χ3n) is 3.41. The average molecular weight is 391 g/mol. The minimum absolute atomic E-state index is 0.0688. The van der Waals surface area contributed by atoms with Crippen molar-refractivity contribution in [1.82, 2.24) is 5.32 Å². The number of ether oxygens (including phenoxy) is 1. The van der Waals surface area contributed by atoms with Crippen molar-refractivity contribution in [2.24, 2.45) is 0 Å². The molecule has 0 radical (unpaired) electrons. The molecule has 1 aliphatic carbocycles. The molecule has 0 spiro atoms. The van der Waals surface area contributed by atoms with Crippen molar-refractivity contribution in [2.45, 2.75) is 36.6 Å². The molecule has 3 nitrogen and oxygen atoms in total. The summed E-state index contributed by atoms with van der Waals surface area (Å²) in [5, 5.41) is 3.10. The average Bonchev–Trinajstić information content (AvgIpc) is 2.41. The van der Waals surface area contributed by atoms with E-state index in [4.69, 9.17) is 4.74 Å². The molecule has 0 aliphatic heterocycles. The van der Waals surface area contributed by atoms with Crippen LogP contribution in [0, 0.1) is 0 Å². The Morgan fingerprint density at radius 1 is 1.37 bits per heavy atom. The summed E-state index contributed by atoms with van der Waals surface area (Å²) in [5.41, 5.74) is 0.580. The molecule has 1 amide bonds. The van der Waals surface area contributed by atoms with Crippen LogP contribution in [-0.4, -0.2) is 23.9 Å². The summed E-state index contributed by atoms with van der Waals surface area (Å²) < 4.78 is 6.16. The topological polar surface area (TPSA) is 38.3 Å². The van der Waals surface area contributed by atoms with E-state index in [1.165, 1.54) is 12.8 Å². The first kappa shape index (κ1) is 14.9. The predicted octanol–water partition coefficient (Wildman–Crippen LogP) is 3.89. The molecule has 0 bridgehead atoms. The molecule has 1 N–H and O–H groups in total. The van der Waals surface area contributed by atoms with Crippen molar-refractivity contribution in [3.63, 3.8) is 0 Å². The van der Waals surface area contributed by atoms with E-state index in [0.717, 1.165) is 17.3 Å². The van der Waals surface area contributed by atoms with Crippen LogP contribution < -0.4 is 10.1 Å². The van der Waals surface area contributed by atoms with Crippen LogP contribution in [0.3, 0.4) is 0 Å². The third kappa shape index (κ3) is 3.72. The lowest BCUT2D eigenvalue weighted by molar-refractivity contribution is 0.0927. The van der Waals surface area contributed by atoms with Crippen LogP contribution in [0.15, 0.2) is 22.7 Å². The molecule has 1 saturated carbocycles. The van der Waals surface area contributed by atoms with Crippen LogP contribution in [0.4, 0.5) is 0 Å². The molecule has 1 fully saturated rings. The number of hydrogen-bond donors (Lipinski definition) is 1. The second-order valence-corrected chi connectivity index (χ2v) is 6.82. The van der Waals surface area contributed by atoms with Gasteiger partial charge in [-0.1, -0.05) is 44.7 Å². The van der Waals surface area contributed by atoms with Crippen LogP contribution in [0.1, 0.15) is 36.0 Å². The molecular formula is C14H17Br2NO2. The van der Waals surface area contributed by atoms with Crippen molar-refractivity contribution < 1.29 is 9.53 Å². The van der Waals surface area contributed by atoms with Crippen LogP contribution in [-0.2, 0) is 0 Å². The van der Waals surface area contributed by atoms with E-state index in [0.29, 0.717) is 16.1 Å². The summed E-state index contributed by atoms with van der Waals surface area (Å²) in [6.45, 7) is 0. The highest BCUT2D eigenvalue weighted by Crippen LogP contribution is 2.27. The Morgan fingerprint density at radius 3 is 2.79 bits per heavy atom. The molecule has 1 aromatic rings. The van der Waals surface area contributed by atoms with E-state index in [1.54, 1.807) is 19.2 Å². The van der Waals surface area contributed by atoms with Gasteiger partial charge >= 0.3 is 0 Å². The number of carbonyl (C=O) groups is 1. The van der Waals surface area contributed by atoms with Gasteiger partial charge in [-0.25, -0.2) is 0 Å². The van der Waals surface area contributed by atoms with E-state index in [1.807, 2.05) is 6.07 Å². The Hall–Kier alpha value is -0.550. The SMILES string of the molecule is COc1cc(Br)ccc1C(=O)NC1CCCCC1Br. The van der Waals surface area contributed by atoms with Crippen LogP contribution in [0.2, 0.25) is 0 Å². The van der Waals surface area contributed by atoms with Crippen molar-refractivity contribution >= 4 is 37.8 Å². The maximum atomic E-state index is 12.3. The minimum Gasteiger partial charge on any atom is -0.496 e. The van der Waals surface area contributed by atoms with Gasteiger partial charge in [0.25, 0.3) is 5.91 Å². The van der Waals surface area contributed by atoms with Crippen molar-refractivity contribution in [3.05, 3.63) is 28.2 Å². The smallest absolute Gasteiger partial charge is 0.255 e. The van der Waals surface area contributed by atoms with Crippen LogP contribution >= 0.6 is 31.9 Å². The lowest BCUT2D eigenvalue weighted by Crippen LogP contribution is -2.42. The van der Waals surface area contributed by atoms with Gasteiger partial charge in [0.1, 0.15) is 5.75 Å². The molecule has 1 aromatic carbocycles. The molecule has 2 rings (SSSR count). The van der Waals surface area contributed by atoms with E-state index >= 15 is 0 Å². The van der Waals surface area contributed by atoms with Gasteiger partial charge < -0.3 is 10.1 Å². The normalized spacial score (nSPS) is 22.9. The fourth-order valence-corrected chi connectivity index (χ4v) is 3.41. The van der Waals surface area contributed by atoms with Gasteiger partial charge in [-0.05, 0) is 31.0 Å². The Kier molecular flexibility index (Phi) is 5.28. The zero-order valence-electron chi connectivity index (χ0n) is 10.8. The zero-order chi connectivity index (χ0) is 13.8. The largest absolute Gasteiger partial charge is 0.496 e. The number of methoxy groups -OCH3 is 1. The molecule has 0 saturated heterocycles. The van der Waals surface area contributed by atoms with Gasteiger partial charge in [0.2, 0.25) is 0 Å². The van der Waals surface area contributed by atoms with Gasteiger partial charge in [-0.3, -0.25) is 4.79 Å². The molecule has 1 aliphatic rings. The van der Waals surface area contributed by atoms with Gasteiger partial charge in [-0.2, -0.15) is 0 Å². The number of carbonyl (C=O) groups excluding carboxylic acids is 1. The first-order chi connectivity index (χ1) is 9.11. The number of benzene rings is 1. The fourth-order valence-electron chi connectivity index (χ4n) is 2.35. The number of alkyl halides is 1. The third-order valence-corrected chi connectivity index (χ3v) is 5.00. The van der Waals surface area contributed by atoms with E-state index in [-0.39, 0.29) is 11.9 Å². The van der Waals surface area contributed by atoms with Crippen molar-refractivity contribution in [1.29, 1.82) is 0 Å².